The third kappa shape index (κ3) is 4.88. The third-order valence-corrected chi connectivity index (χ3v) is 11.9. The average Bonchev–Trinajstić information content (AvgIpc) is 3.72. The lowest BCUT2D eigenvalue weighted by Crippen LogP contribution is -2.16. The number of furan rings is 1. The molecule has 2 nitrogen and oxygen atoms in total. The van der Waals surface area contributed by atoms with Crippen molar-refractivity contribution in [1.82, 2.24) is 0 Å². The molecule has 0 aliphatic heterocycles. The summed E-state index contributed by atoms with van der Waals surface area (Å²) in [6.07, 6.45) is 0. The molecule has 260 valence electrons. The van der Waals surface area contributed by atoms with Crippen molar-refractivity contribution in [3.63, 3.8) is 0 Å². The van der Waals surface area contributed by atoms with Crippen LogP contribution in [0.5, 0.6) is 0 Å². The van der Waals surface area contributed by atoms with E-state index in [2.05, 4.69) is 207 Å². The lowest BCUT2D eigenvalue weighted by Gasteiger charge is -2.28. The van der Waals surface area contributed by atoms with Crippen molar-refractivity contribution in [1.29, 1.82) is 0 Å². The fourth-order valence-electron chi connectivity index (χ4n) is 9.12. The molecule has 0 radical (unpaired) electrons. The molecule has 0 N–H and O–H groups in total. The zero-order chi connectivity index (χ0) is 36.7. The fourth-order valence-corrected chi connectivity index (χ4v) is 9.12. The Morgan fingerprint density at radius 1 is 0.382 bits per heavy atom. The number of para-hydroxylation sites is 1. The summed E-state index contributed by atoms with van der Waals surface area (Å²) in [7, 11) is 0. The highest BCUT2D eigenvalue weighted by Crippen LogP contribution is 2.51. The Morgan fingerprint density at radius 3 is 1.87 bits per heavy atom. The molecule has 1 aliphatic carbocycles. The van der Waals surface area contributed by atoms with Gasteiger partial charge in [-0.3, -0.25) is 0 Å². The zero-order valence-corrected chi connectivity index (χ0v) is 30.8. The number of hydrogen-bond donors (Lipinski definition) is 0. The highest BCUT2D eigenvalue weighted by atomic mass is 16.3. The van der Waals surface area contributed by atoms with Gasteiger partial charge in [0.15, 0.2) is 0 Å². The summed E-state index contributed by atoms with van der Waals surface area (Å²) in [5, 5.41) is 7.08. The molecule has 1 aromatic heterocycles. The van der Waals surface area contributed by atoms with Gasteiger partial charge in [-0.2, -0.15) is 0 Å². The van der Waals surface area contributed by atoms with Crippen LogP contribution in [0.3, 0.4) is 0 Å². The van der Waals surface area contributed by atoms with Crippen molar-refractivity contribution in [3.05, 3.63) is 199 Å². The first kappa shape index (κ1) is 31.6. The van der Waals surface area contributed by atoms with Crippen LogP contribution < -0.4 is 4.90 Å². The molecular formula is C53H37NO. The van der Waals surface area contributed by atoms with E-state index in [0.717, 1.165) is 55.5 Å². The lowest BCUT2D eigenvalue weighted by atomic mass is 9.82. The molecule has 0 unspecified atom stereocenters. The minimum absolute atomic E-state index is 0.0762. The van der Waals surface area contributed by atoms with Gasteiger partial charge in [0.1, 0.15) is 11.2 Å². The molecule has 0 atom stereocenters. The van der Waals surface area contributed by atoms with E-state index in [1.54, 1.807) is 0 Å². The van der Waals surface area contributed by atoms with Crippen LogP contribution in [-0.4, -0.2) is 0 Å². The Hall–Kier alpha value is -6.90. The Labute approximate surface area is 320 Å². The van der Waals surface area contributed by atoms with Gasteiger partial charge in [0, 0.05) is 38.6 Å². The van der Waals surface area contributed by atoms with E-state index in [0.29, 0.717) is 0 Å². The maximum absolute atomic E-state index is 6.75. The predicted octanol–water partition coefficient (Wildman–Crippen LogP) is 15.0. The van der Waals surface area contributed by atoms with E-state index in [1.807, 2.05) is 0 Å². The number of anilines is 3. The molecule has 0 saturated carbocycles. The van der Waals surface area contributed by atoms with Crippen molar-refractivity contribution < 1.29 is 4.42 Å². The predicted molar refractivity (Wildman–Crippen MR) is 232 cm³/mol. The van der Waals surface area contributed by atoms with Crippen LogP contribution in [-0.2, 0) is 5.41 Å². The van der Waals surface area contributed by atoms with Crippen LogP contribution in [0.1, 0.15) is 25.0 Å². The normalized spacial score (nSPS) is 13.1. The number of benzene rings is 9. The molecule has 10 aromatic rings. The van der Waals surface area contributed by atoms with E-state index in [4.69, 9.17) is 4.42 Å². The first-order valence-electron chi connectivity index (χ1n) is 19.1. The van der Waals surface area contributed by atoms with Crippen LogP contribution >= 0.6 is 0 Å². The highest BCUT2D eigenvalue weighted by molar-refractivity contribution is 6.20. The van der Waals surface area contributed by atoms with Crippen LogP contribution in [0.4, 0.5) is 17.1 Å². The monoisotopic (exact) mass is 703 g/mol. The lowest BCUT2D eigenvalue weighted by molar-refractivity contribution is 0.660. The molecular weight excluding hydrogens is 667 g/mol. The first-order valence-corrected chi connectivity index (χ1v) is 19.1. The summed E-state index contributed by atoms with van der Waals surface area (Å²) in [6, 6.07) is 68.3. The number of nitrogens with zero attached hydrogens (tertiary/aromatic N) is 1. The SMILES string of the molecule is CC1(C)c2ccccc2-c2ccc(N(c3ccccc3)c3ccc(-c4ccc5c(c4)oc4c6ccccc6c(-c6cccc7ccccc67)cc54)cc3)cc21. The van der Waals surface area contributed by atoms with Crippen LogP contribution in [0.15, 0.2) is 192 Å². The summed E-state index contributed by atoms with van der Waals surface area (Å²) in [5.41, 5.74) is 15.3. The molecule has 0 bridgehead atoms. The Balaban J connectivity index is 0.997. The third-order valence-electron chi connectivity index (χ3n) is 11.9. The van der Waals surface area contributed by atoms with Gasteiger partial charge in [-0.25, -0.2) is 0 Å². The second-order valence-corrected chi connectivity index (χ2v) is 15.3. The summed E-state index contributed by atoms with van der Waals surface area (Å²) in [6.45, 7) is 4.68. The molecule has 11 rings (SSSR count). The largest absolute Gasteiger partial charge is 0.455 e. The molecule has 1 heterocycles. The van der Waals surface area contributed by atoms with Gasteiger partial charge in [0.2, 0.25) is 0 Å². The number of rotatable bonds is 5. The molecule has 9 aromatic carbocycles. The zero-order valence-electron chi connectivity index (χ0n) is 30.8. The van der Waals surface area contributed by atoms with Crippen molar-refractivity contribution in [2.45, 2.75) is 19.3 Å². The van der Waals surface area contributed by atoms with Crippen molar-refractivity contribution in [2.24, 2.45) is 0 Å². The molecule has 0 saturated heterocycles. The number of hydrogen-bond acceptors (Lipinski definition) is 2. The average molecular weight is 704 g/mol. The van der Waals surface area contributed by atoms with Gasteiger partial charge >= 0.3 is 0 Å². The van der Waals surface area contributed by atoms with Gasteiger partial charge in [-0.05, 0) is 115 Å². The molecule has 0 amide bonds. The minimum atomic E-state index is -0.0762. The second kappa shape index (κ2) is 12.1. The second-order valence-electron chi connectivity index (χ2n) is 15.3. The van der Waals surface area contributed by atoms with Crippen molar-refractivity contribution >= 4 is 60.5 Å². The molecule has 1 aliphatic rings. The van der Waals surface area contributed by atoms with E-state index in [-0.39, 0.29) is 5.41 Å². The Kier molecular flexibility index (Phi) is 6.93. The van der Waals surface area contributed by atoms with Gasteiger partial charge in [0.25, 0.3) is 0 Å². The van der Waals surface area contributed by atoms with Gasteiger partial charge < -0.3 is 9.32 Å². The molecule has 55 heavy (non-hydrogen) atoms. The van der Waals surface area contributed by atoms with Crippen molar-refractivity contribution in [3.8, 4) is 33.4 Å². The van der Waals surface area contributed by atoms with E-state index >= 15 is 0 Å². The number of fused-ring (bicyclic) bond motifs is 9. The quantitative estimate of drug-likeness (QED) is 0.177. The Bertz CT molecular complexity index is 3110. The molecule has 2 heteroatoms. The molecule has 0 spiro atoms. The summed E-state index contributed by atoms with van der Waals surface area (Å²) < 4.78 is 6.75. The highest BCUT2D eigenvalue weighted by Gasteiger charge is 2.35. The van der Waals surface area contributed by atoms with E-state index in [9.17, 15) is 0 Å². The summed E-state index contributed by atoms with van der Waals surface area (Å²) in [5.74, 6) is 0. The minimum Gasteiger partial charge on any atom is -0.455 e. The summed E-state index contributed by atoms with van der Waals surface area (Å²) in [4.78, 5) is 2.37. The summed E-state index contributed by atoms with van der Waals surface area (Å²) >= 11 is 0. The van der Waals surface area contributed by atoms with Gasteiger partial charge in [0.05, 0.1) is 0 Å². The fraction of sp³-hybridized carbons (Fsp3) is 0.0566. The topological polar surface area (TPSA) is 16.4 Å². The van der Waals surface area contributed by atoms with Gasteiger partial charge in [-0.1, -0.05) is 147 Å². The first-order chi connectivity index (χ1) is 27.0. The Morgan fingerprint density at radius 2 is 1.02 bits per heavy atom. The smallest absolute Gasteiger partial charge is 0.143 e. The van der Waals surface area contributed by atoms with E-state index in [1.165, 1.54) is 49.5 Å². The van der Waals surface area contributed by atoms with Crippen LogP contribution in [0.25, 0.3) is 76.9 Å². The van der Waals surface area contributed by atoms with Crippen LogP contribution in [0, 0.1) is 0 Å². The molecule has 0 fully saturated rings. The standard InChI is InChI=1S/C53H37NO/c1-53(2)49-22-11-10-19-43(49)44-30-28-39(32-50(44)53)54(37-15-4-3-5-16-37)38-26-23-34(24-27-38)36-25-29-45-48-33-47(41-21-12-14-35-13-6-7-17-40(35)41)42-18-8-9-20-46(42)52(48)55-51(45)31-36/h3-33H,1-2H3. The van der Waals surface area contributed by atoms with Crippen LogP contribution in [0.2, 0.25) is 0 Å². The van der Waals surface area contributed by atoms with Crippen molar-refractivity contribution in [2.75, 3.05) is 4.90 Å². The maximum atomic E-state index is 6.75. The maximum Gasteiger partial charge on any atom is 0.143 e. The van der Waals surface area contributed by atoms with Gasteiger partial charge in [-0.15, -0.1) is 0 Å². The van der Waals surface area contributed by atoms with E-state index < -0.39 is 0 Å².